The van der Waals surface area contributed by atoms with Gasteiger partial charge in [0.05, 0.1) is 12.0 Å². The first-order chi connectivity index (χ1) is 11.6. The zero-order valence-electron chi connectivity index (χ0n) is 12.9. The molecule has 2 aromatic rings. The quantitative estimate of drug-likeness (QED) is 0.825. The maximum absolute atomic E-state index is 12.5. The van der Waals surface area contributed by atoms with E-state index >= 15 is 0 Å². The number of hydrogen-bond donors (Lipinski definition) is 2. The minimum atomic E-state index is -0.530. The molecule has 0 spiro atoms. The Kier molecular flexibility index (Phi) is 4.61. The molecular weight excluding hydrogens is 330 g/mol. The van der Waals surface area contributed by atoms with Crippen LogP contribution in [0, 0.1) is 5.92 Å². The Labute approximate surface area is 144 Å². The van der Waals surface area contributed by atoms with Crippen molar-refractivity contribution in [3.05, 3.63) is 53.3 Å². The van der Waals surface area contributed by atoms with Gasteiger partial charge in [-0.15, -0.1) is 0 Å². The van der Waals surface area contributed by atoms with Gasteiger partial charge in [0.2, 0.25) is 17.8 Å². The maximum atomic E-state index is 12.5. The second-order valence-electron chi connectivity index (χ2n) is 5.50. The number of anilines is 1. The lowest BCUT2D eigenvalue weighted by atomic mass is 9.93. The van der Waals surface area contributed by atoms with Crippen LogP contribution >= 0.6 is 11.6 Å². The summed E-state index contributed by atoms with van der Waals surface area (Å²) in [5.41, 5.74) is 6.05. The fraction of sp³-hybridized carbons (Fsp3) is 0.250. The largest absolute Gasteiger partial charge is 0.338 e. The summed E-state index contributed by atoms with van der Waals surface area (Å²) in [6.07, 6.45) is 3.25. The van der Waals surface area contributed by atoms with Gasteiger partial charge < -0.3 is 4.90 Å². The van der Waals surface area contributed by atoms with Gasteiger partial charge in [-0.2, -0.15) is 0 Å². The highest BCUT2D eigenvalue weighted by atomic mass is 35.5. The van der Waals surface area contributed by atoms with Gasteiger partial charge in [-0.3, -0.25) is 20.4 Å². The normalized spacial score (nSPS) is 20.1. The van der Waals surface area contributed by atoms with Crippen molar-refractivity contribution in [2.75, 3.05) is 12.5 Å². The number of hydrogen-bond acceptors (Lipinski definition) is 5. The lowest BCUT2D eigenvalue weighted by Crippen LogP contribution is -2.38. The van der Waals surface area contributed by atoms with Crippen LogP contribution in [0.5, 0.6) is 0 Å². The van der Waals surface area contributed by atoms with E-state index in [1.54, 1.807) is 48.6 Å². The van der Waals surface area contributed by atoms with Crippen LogP contribution in [0.25, 0.3) is 0 Å². The van der Waals surface area contributed by atoms with Crippen molar-refractivity contribution in [1.82, 2.24) is 20.3 Å². The summed E-state index contributed by atoms with van der Waals surface area (Å²) in [5.74, 6) is -0.638. The van der Waals surface area contributed by atoms with Crippen molar-refractivity contribution in [2.24, 2.45) is 5.92 Å². The minimum absolute atomic E-state index is 0.0870. The number of hydrazine groups is 1. The lowest BCUT2D eigenvalue weighted by molar-refractivity contribution is -0.128. The number of nitrogens with zero attached hydrogens (tertiary/aromatic N) is 3. The summed E-state index contributed by atoms with van der Waals surface area (Å²) < 4.78 is 0. The van der Waals surface area contributed by atoms with Gasteiger partial charge in [-0.1, -0.05) is 23.7 Å². The molecule has 0 radical (unpaired) electrons. The maximum Gasteiger partial charge on any atom is 0.244 e. The smallest absolute Gasteiger partial charge is 0.244 e. The fourth-order valence-corrected chi connectivity index (χ4v) is 3.02. The van der Waals surface area contributed by atoms with Crippen LogP contribution in [-0.4, -0.2) is 33.7 Å². The van der Waals surface area contributed by atoms with E-state index in [0.717, 1.165) is 5.56 Å². The Morgan fingerprint density at radius 1 is 1.29 bits per heavy atom. The van der Waals surface area contributed by atoms with Crippen LogP contribution in [0.15, 0.2) is 42.7 Å². The molecule has 8 heteroatoms. The molecule has 2 N–H and O–H groups in total. The first kappa shape index (κ1) is 16.2. The predicted molar refractivity (Wildman–Crippen MR) is 88.9 cm³/mol. The zero-order chi connectivity index (χ0) is 17.1. The monoisotopic (exact) mass is 345 g/mol. The van der Waals surface area contributed by atoms with Gasteiger partial charge >= 0.3 is 0 Å². The molecule has 1 aromatic carbocycles. The number of likely N-dealkylation sites (tertiary alicyclic amines) is 1. The second-order valence-corrected chi connectivity index (χ2v) is 5.94. The van der Waals surface area contributed by atoms with Crippen molar-refractivity contribution in [1.29, 1.82) is 0 Å². The molecule has 0 saturated carbocycles. The van der Waals surface area contributed by atoms with E-state index in [1.807, 2.05) is 6.07 Å². The molecule has 0 unspecified atom stereocenters. The molecule has 7 nitrogen and oxygen atoms in total. The highest BCUT2D eigenvalue weighted by molar-refractivity contribution is 6.30. The first-order valence-corrected chi connectivity index (χ1v) is 7.78. The van der Waals surface area contributed by atoms with Crippen LogP contribution in [0.2, 0.25) is 5.02 Å². The third-order valence-electron chi connectivity index (χ3n) is 3.98. The number of benzene rings is 1. The Morgan fingerprint density at radius 3 is 2.75 bits per heavy atom. The van der Waals surface area contributed by atoms with Crippen LogP contribution in [-0.2, 0) is 9.59 Å². The molecule has 3 rings (SSSR count). The Morgan fingerprint density at radius 2 is 2.04 bits per heavy atom. The summed E-state index contributed by atoms with van der Waals surface area (Å²) >= 11 is 6.04. The summed E-state index contributed by atoms with van der Waals surface area (Å²) in [6, 6.07) is 8.50. The van der Waals surface area contributed by atoms with Gasteiger partial charge in [0.15, 0.2) is 0 Å². The SMILES string of the molecule is CN1C(=O)C[C@@H](C(=O)NNc2ncccn2)[C@@H]1c1cccc(Cl)c1. The van der Waals surface area contributed by atoms with Gasteiger partial charge in [0, 0.05) is 30.9 Å². The number of aromatic nitrogens is 2. The number of nitrogens with one attached hydrogen (secondary N) is 2. The van der Waals surface area contributed by atoms with E-state index in [9.17, 15) is 9.59 Å². The average Bonchev–Trinajstić information content (AvgIpc) is 2.89. The highest BCUT2D eigenvalue weighted by Gasteiger charge is 2.42. The number of halogens is 1. The molecule has 2 atom stereocenters. The molecule has 1 aromatic heterocycles. The van der Waals surface area contributed by atoms with Crippen molar-refractivity contribution in [3.63, 3.8) is 0 Å². The van der Waals surface area contributed by atoms with Crippen LogP contribution in [0.1, 0.15) is 18.0 Å². The zero-order valence-corrected chi connectivity index (χ0v) is 13.7. The summed E-state index contributed by atoms with van der Waals surface area (Å²) in [7, 11) is 1.69. The van der Waals surface area contributed by atoms with Crippen molar-refractivity contribution < 1.29 is 9.59 Å². The summed E-state index contributed by atoms with van der Waals surface area (Å²) in [6.45, 7) is 0. The fourth-order valence-electron chi connectivity index (χ4n) is 2.83. The van der Waals surface area contributed by atoms with E-state index in [-0.39, 0.29) is 30.2 Å². The standard InChI is InChI=1S/C16H16ClN5O2/c1-22-13(23)9-12(14(22)10-4-2-5-11(17)8-10)15(24)20-21-16-18-6-3-7-19-16/h2-8,12,14H,9H2,1H3,(H,20,24)(H,18,19,21)/t12-,14+/m1/s1. The number of amides is 2. The second kappa shape index (κ2) is 6.84. The Hall–Kier alpha value is -2.67. The van der Waals surface area contributed by atoms with Gasteiger partial charge in [-0.25, -0.2) is 9.97 Å². The molecule has 1 fully saturated rings. The van der Waals surface area contributed by atoms with Crippen LogP contribution in [0.3, 0.4) is 0 Å². The molecule has 24 heavy (non-hydrogen) atoms. The topological polar surface area (TPSA) is 87.2 Å². The van der Waals surface area contributed by atoms with Crippen molar-refractivity contribution in [2.45, 2.75) is 12.5 Å². The minimum Gasteiger partial charge on any atom is -0.338 e. The molecular formula is C16H16ClN5O2. The molecule has 1 aliphatic rings. The number of rotatable bonds is 4. The van der Waals surface area contributed by atoms with Gasteiger partial charge in [0.1, 0.15) is 0 Å². The average molecular weight is 346 g/mol. The van der Waals surface area contributed by atoms with Gasteiger partial charge in [0.25, 0.3) is 0 Å². The summed E-state index contributed by atoms with van der Waals surface area (Å²) in [5, 5.41) is 0.565. The van der Waals surface area contributed by atoms with E-state index in [1.165, 1.54) is 0 Å². The van der Waals surface area contributed by atoms with Crippen LogP contribution in [0.4, 0.5) is 5.95 Å². The molecule has 1 aliphatic heterocycles. The van der Waals surface area contributed by atoms with Gasteiger partial charge in [-0.05, 0) is 23.8 Å². The van der Waals surface area contributed by atoms with Crippen molar-refractivity contribution in [3.8, 4) is 0 Å². The number of carbonyl (C=O) groups excluding carboxylic acids is 2. The molecule has 2 heterocycles. The van der Waals surface area contributed by atoms with E-state index < -0.39 is 5.92 Å². The first-order valence-electron chi connectivity index (χ1n) is 7.40. The van der Waals surface area contributed by atoms with Crippen LogP contribution < -0.4 is 10.9 Å². The van der Waals surface area contributed by atoms with Crippen molar-refractivity contribution >= 4 is 29.4 Å². The molecule has 0 aliphatic carbocycles. The predicted octanol–water partition coefficient (Wildman–Crippen LogP) is 1.79. The molecule has 0 bridgehead atoms. The van der Waals surface area contributed by atoms with E-state index in [0.29, 0.717) is 5.02 Å². The number of carbonyl (C=O) groups is 2. The molecule has 2 amide bonds. The van der Waals surface area contributed by atoms with E-state index in [2.05, 4.69) is 20.8 Å². The van der Waals surface area contributed by atoms with E-state index in [4.69, 9.17) is 11.6 Å². The molecule has 1 saturated heterocycles. The third kappa shape index (κ3) is 3.30. The Bertz CT molecular complexity index is 755. The highest BCUT2D eigenvalue weighted by Crippen LogP contribution is 2.37. The lowest BCUT2D eigenvalue weighted by Gasteiger charge is -2.25. The molecule has 124 valence electrons. The third-order valence-corrected chi connectivity index (χ3v) is 4.21. The Balaban J connectivity index is 1.77. The summed E-state index contributed by atoms with van der Waals surface area (Å²) in [4.78, 5) is 34.1.